The van der Waals surface area contributed by atoms with E-state index in [9.17, 15) is 4.79 Å². The fourth-order valence-electron chi connectivity index (χ4n) is 3.81. The minimum Gasteiger partial charge on any atom is -0.353 e. The highest BCUT2D eigenvalue weighted by Gasteiger charge is 2.39. The van der Waals surface area contributed by atoms with Gasteiger partial charge in [0.2, 0.25) is 5.91 Å². The summed E-state index contributed by atoms with van der Waals surface area (Å²) >= 11 is 0. The van der Waals surface area contributed by atoms with Crippen LogP contribution < -0.4 is 10.6 Å². The van der Waals surface area contributed by atoms with E-state index < -0.39 is 0 Å². The van der Waals surface area contributed by atoms with Crippen molar-refractivity contribution in [1.29, 1.82) is 0 Å². The third kappa shape index (κ3) is 3.50. The minimum absolute atomic E-state index is 0.104. The highest BCUT2D eigenvalue weighted by atomic mass is 16.2. The van der Waals surface area contributed by atoms with E-state index in [-0.39, 0.29) is 5.41 Å². The van der Waals surface area contributed by atoms with Crippen molar-refractivity contribution in [3.63, 3.8) is 0 Å². The van der Waals surface area contributed by atoms with Gasteiger partial charge in [-0.25, -0.2) is 0 Å². The maximum Gasteiger partial charge on any atom is 0.226 e. The molecule has 3 heteroatoms. The summed E-state index contributed by atoms with van der Waals surface area (Å²) in [6, 6.07) is 0.398. The van der Waals surface area contributed by atoms with E-state index in [1.165, 1.54) is 12.8 Å². The fraction of sp³-hybridized carbons (Fsp3) is 0.938. The summed E-state index contributed by atoms with van der Waals surface area (Å²) < 4.78 is 0. The summed E-state index contributed by atoms with van der Waals surface area (Å²) in [6.45, 7) is 8.78. The molecule has 0 spiro atoms. The van der Waals surface area contributed by atoms with Crippen LogP contribution in [0.1, 0.15) is 65.7 Å². The van der Waals surface area contributed by atoms with E-state index in [4.69, 9.17) is 0 Å². The molecule has 1 heterocycles. The van der Waals surface area contributed by atoms with Gasteiger partial charge in [-0.05, 0) is 57.0 Å². The molecule has 0 aromatic heterocycles. The Morgan fingerprint density at radius 3 is 2.53 bits per heavy atom. The van der Waals surface area contributed by atoms with Crippen molar-refractivity contribution in [2.24, 2.45) is 10.8 Å². The molecule has 0 radical (unpaired) electrons. The Morgan fingerprint density at radius 2 is 1.95 bits per heavy atom. The van der Waals surface area contributed by atoms with Gasteiger partial charge < -0.3 is 10.6 Å². The lowest BCUT2D eigenvalue weighted by atomic mass is 9.73. The van der Waals surface area contributed by atoms with E-state index in [1.807, 2.05) is 0 Å². The molecule has 0 bridgehead atoms. The quantitative estimate of drug-likeness (QED) is 0.824. The summed E-state index contributed by atoms with van der Waals surface area (Å²) in [5, 5.41) is 6.73. The van der Waals surface area contributed by atoms with Crippen LogP contribution in [-0.4, -0.2) is 25.0 Å². The summed E-state index contributed by atoms with van der Waals surface area (Å²) in [6.07, 6.45) is 7.79. The Balaban J connectivity index is 1.95. The molecule has 1 aliphatic heterocycles. The van der Waals surface area contributed by atoms with Crippen LogP contribution in [0.5, 0.6) is 0 Å². The first-order valence-corrected chi connectivity index (χ1v) is 7.99. The Kier molecular flexibility index (Phi) is 4.54. The average Bonchev–Trinajstić information content (AvgIpc) is 2.38. The van der Waals surface area contributed by atoms with Gasteiger partial charge in [0.25, 0.3) is 0 Å². The zero-order valence-electron chi connectivity index (χ0n) is 12.8. The van der Waals surface area contributed by atoms with Crippen molar-refractivity contribution in [3.8, 4) is 0 Å². The van der Waals surface area contributed by atoms with E-state index in [2.05, 4.69) is 31.4 Å². The largest absolute Gasteiger partial charge is 0.353 e. The molecule has 1 saturated carbocycles. The maximum atomic E-state index is 12.7. The molecule has 110 valence electrons. The molecule has 2 N–H and O–H groups in total. The summed E-state index contributed by atoms with van der Waals surface area (Å²) in [5.41, 5.74) is 0.288. The predicted octanol–water partition coefficient (Wildman–Crippen LogP) is 2.85. The lowest BCUT2D eigenvalue weighted by Gasteiger charge is -2.40. The summed E-state index contributed by atoms with van der Waals surface area (Å²) in [5.74, 6) is 0.319. The van der Waals surface area contributed by atoms with Crippen molar-refractivity contribution >= 4 is 5.91 Å². The van der Waals surface area contributed by atoms with Gasteiger partial charge in [-0.2, -0.15) is 0 Å². The number of nitrogens with one attached hydrogen (secondary N) is 2. The topological polar surface area (TPSA) is 41.1 Å². The zero-order chi connectivity index (χ0) is 13.9. The third-order valence-electron chi connectivity index (χ3n) is 5.26. The van der Waals surface area contributed by atoms with Crippen LogP contribution in [0.3, 0.4) is 0 Å². The Hall–Kier alpha value is -0.570. The van der Waals surface area contributed by atoms with Crippen LogP contribution in [0.25, 0.3) is 0 Å². The minimum atomic E-state index is -0.104. The van der Waals surface area contributed by atoms with Gasteiger partial charge in [0.15, 0.2) is 0 Å². The maximum absolute atomic E-state index is 12.7. The molecule has 2 aliphatic rings. The zero-order valence-corrected chi connectivity index (χ0v) is 12.8. The highest BCUT2D eigenvalue weighted by Crippen LogP contribution is 2.37. The molecule has 1 saturated heterocycles. The SMILES string of the molecule is CCC1(C(=O)NC2CCCC(C)(C)C2)CCNCC1. The van der Waals surface area contributed by atoms with Crippen LogP contribution in [0.2, 0.25) is 0 Å². The summed E-state index contributed by atoms with van der Waals surface area (Å²) in [4.78, 5) is 12.7. The predicted molar refractivity (Wildman–Crippen MR) is 79.0 cm³/mol. The van der Waals surface area contributed by atoms with Gasteiger partial charge in [0.05, 0.1) is 5.41 Å². The van der Waals surface area contributed by atoms with Crippen molar-refractivity contribution in [1.82, 2.24) is 10.6 Å². The van der Waals surface area contributed by atoms with E-state index >= 15 is 0 Å². The first-order valence-electron chi connectivity index (χ1n) is 7.99. The average molecular weight is 266 g/mol. The second kappa shape index (κ2) is 5.82. The van der Waals surface area contributed by atoms with Gasteiger partial charge in [-0.3, -0.25) is 4.79 Å². The number of piperidine rings is 1. The second-order valence-corrected chi connectivity index (χ2v) is 7.31. The first kappa shape index (κ1) is 14.8. The Bertz CT molecular complexity index is 319. The van der Waals surface area contributed by atoms with Crippen LogP contribution in [0.15, 0.2) is 0 Å². The monoisotopic (exact) mass is 266 g/mol. The lowest BCUT2D eigenvalue weighted by Crippen LogP contribution is -2.51. The van der Waals surface area contributed by atoms with E-state index in [1.54, 1.807) is 0 Å². The third-order valence-corrected chi connectivity index (χ3v) is 5.26. The Labute approximate surface area is 117 Å². The molecule has 1 aliphatic carbocycles. The molecular formula is C16H30N2O. The number of carbonyl (C=O) groups excluding carboxylic acids is 1. The van der Waals surface area contributed by atoms with Crippen molar-refractivity contribution in [2.45, 2.75) is 71.8 Å². The lowest BCUT2D eigenvalue weighted by molar-refractivity contribution is -0.134. The molecule has 1 atom stereocenters. The molecule has 3 nitrogen and oxygen atoms in total. The van der Waals surface area contributed by atoms with Crippen LogP contribution in [0.4, 0.5) is 0 Å². The van der Waals surface area contributed by atoms with Gasteiger partial charge >= 0.3 is 0 Å². The molecule has 1 amide bonds. The van der Waals surface area contributed by atoms with E-state index in [0.717, 1.165) is 45.2 Å². The molecule has 19 heavy (non-hydrogen) atoms. The normalized spacial score (nSPS) is 29.7. The summed E-state index contributed by atoms with van der Waals surface area (Å²) in [7, 11) is 0. The van der Waals surface area contributed by atoms with Gasteiger partial charge in [0.1, 0.15) is 0 Å². The van der Waals surface area contributed by atoms with Gasteiger partial charge in [0, 0.05) is 6.04 Å². The van der Waals surface area contributed by atoms with Crippen molar-refractivity contribution in [3.05, 3.63) is 0 Å². The smallest absolute Gasteiger partial charge is 0.226 e. The molecule has 2 rings (SSSR count). The van der Waals surface area contributed by atoms with Crippen LogP contribution in [0, 0.1) is 10.8 Å². The number of rotatable bonds is 3. The number of hydrogen-bond donors (Lipinski definition) is 2. The number of carbonyl (C=O) groups is 1. The molecule has 0 aromatic carbocycles. The molecule has 0 aromatic rings. The van der Waals surface area contributed by atoms with Crippen molar-refractivity contribution < 1.29 is 4.79 Å². The molecular weight excluding hydrogens is 236 g/mol. The van der Waals surface area contributed by atoms with Crippen molar-refractivity contribution in [2.75, 3.05) is 13.1 Å². The standard InChI is InChI=1S/C16H30N2O/c1-4-16(8-10-17-11-9-16)14(19)18-13-6-5-7-15(2,3)12-13/h13,17H,4-12H2,1-3H3,(H,18,19). The fourth-order valence-corrected chi connectivity index (χ4v) is 3.81. The second-order valence-electron chi connectivity index (χ2n) is 7.31. The van der Waals surface area contributed by atoms with Gasteiger partial charge in [-0.15, -0.1) is 0 Å². The van der Waals surface area contributed by atoms with Crippen LogP contribution in [-0.2, 0) is 4.79 Å². The van der Waals surface area contributed by atoms with Gasteiger partial charge in [-0.1, -0.05) is 27.2 Å². The molecule has 2 fully saturated rings. The molecule has 1 unspecified atom stereocenters. The number of amides is 1. The highest BCUT2D eigenvalue weighted by molar-refractivity contribution is 5.83. The Morgan fingerprint density at radius 1 is 1.26 bits per heavy atom. The number of hydrogen-bond acceptors (Lipinski definition) is 2. The van der Waals surface area contributed by atoms with Crippen LogP contribution >= 0.6 is 0 Å². The van der Waals surface area contributed by atoms with E-state index in [0.29, 0.717) is 17.4 Å². The first-order chi connectivity index (χ1) is 8.97.